The van der Waals surface area contributed by atoms with Crippen LogP contribution >= 0.6 is 0 Å². The third kappa shape index (κ3) is 3.59. The van der Waals surface area contributed by atoms with Crippen LogP contribution in [-0.2, 0) is 6.54 Å². The SMILES string of the molecule is FC(F)C(F)(F)COc1nc(CNC2CC2)co1. The van der Waals surface area contributed by atoms with Crippen LogP contribution in [0, 0.1) is 0 Å². The molecule has 0 saturated heterocycles. The summed E-state index contributed by atoms with van der Waals surface area (Å²) >= 11 is 0. The van der Waals surface area contributed by atoms with E-state index in [-0.39, 0.29) is 0 Å². The highest BCUT2D eigenvalue weighted by Gasteiger charge is 2.42. The number of nitrogens with one attached hydrogen (secondary N) is 1. The average Bonchev–Trinajstić information content (AvgIpc) is 3.03. The molecular formula is C10H12F4N2O2. The van der Waals surface area contributed by atoms with Crippen LogP contribution in [0.1, 0.15) is 18.5 Å². The van der Waals surface area contributed by atoms with Crippen molar-refractivity contribution < 1.29 is 26.7 Å². The second-order valence-corrected chi connectivity index (χ2v) is 4.11. The minimum atomic E-state index is -4.21. The molecule has 0 atom stereocenters. The Bertz CT molecular complexity index is 393. The van der Waals surface area contributed by atoms with Crippen molar-refractivity contribution in [2.45, 2.75) is 37.8 Å². The summed E-state index contributed by atoms with van der Waals surface area (Å²) in [5, 5.41) is 3.13. The fraction of sp³-hybridized carbons (Fsp3) is 0.700. The Labute approximate surface area is 100 Å². The van der Waals surface area contributed by atoms with Gasteiger partial charge in [-0.3, -0.25) is 0 Å². The van der Waals surface area contributed by atoms with Crippen molar-refractivity contribution >= 4 is 0 Å². The number of oxazole rings is 1. The van der Waals surface area contributed by atoms with Gasteiger partial charge in [-0.25, -0.2) is 8.78 Å². The summed E-state index contributed by atoms with van der Waals surface area (Å²) in [4.78, 5) is 3.74. The first-order valence-electron chi connectivity index (χ1n) is 5.44. The molecule has 2 rings (SSSR count). The highest BCUT2D eigenvalue weighted by atomic mass is 19.3. The topological polar surface area (TPSA) is 47.3 Å². The van der Waals surface area contributed by atoms with Crippen LogP contribution in [0.2, 0.25) is 0 Å². The van der Waals surface area contributed by atoms with Crippen LogP contribution in [0.5, 0.6) is 6.08 Å². The molecule has 18 heavy (non-hydrogen) atoms. The molecule has 0 spiro atoms. The molecule has 1 fully saturated rings. The number of alkyl halides is 4. The lowest BCUT2D eigenvalue weighted by Crippen LogP contribution is -2.33. The van der Waals surface area contributed by atoms with Gasteiger partial charge in [-0.05, 0) is 12.8 Å². The van der Waals surface area contributed by atoms with Crippen molar-refractivity contribution in [2.24, 2.45) is 0 Å². The molecule has 1 saturated carbocycles. The van der Waals surface area contributed by atoms with Crippen LogP contribution in [0.3, 0.4) is 0 Å². The molecule has 4 nitrogen and oxygen atoms in total. The molecule has 1 aromatic rings. The first kappa shape index (κ1) is 13.1. The van der Waals surface area contributed by atoms with Crippen LogP contribution in [0.15, 0.2) is 10.7 Å². The molecule has 0 bridgehead atoms. The molecule has 0 unspecified atom stereocenters. The van der Waals surface area contributed by atoms with E-state index in [1.165, 1.54) is 6.26 Å². The summed E-state index contributed by atoms with van der Waals surface area (Å²) in [5.74, 6) is -4.21. The highest BCUT2D eigenvalue weighted by molar-refractivity contribution is 5.00. The van der Waals surface area contributed by atoms with Gasteiger partial charge in [0.15, 0.2) is 6.61 Å². The predicted octanol–water partition coefficient (Wildman–Crippen LogP) is 2.21. The van der Waals surface area contributed by atoms with Gasteiger partial charge in [0.25, 0.3) is 0 Å². The zero-order valence-electron chi connectivity index (χ0n) is 9.34. The Morgan fingerprint density at radius 2 is 2.22 bits per heavy atom. The van der Waals surface area contributed by atoms with Crippen LogP contribution in [0.25, 0.3) is 0 Å². The molecule has 1 aliphatic carbocycles. The predicted molar refractivity (Wildman–Crippen MR) is 52.8 cm³/mol. The molecule has 1 heterocycles. The first-order valence-corrected chi connectivity index (χ1v) is 5.44. The summed E-state index contributed by atoms with van der Waals surface area (Å²) in [6.45, 7) is -1.02. The maximum absolute atomic E-state index is 12.5. The van der Waals surface area contributed by atoms with E-state index in [0.29, 0.717) is 18.3 Å². The van der Waals surface area contributed by atoms with E-state index in [9.17, 15) is 17.6 Å². The average molecular weight is 268 g/mol. The van der Waals surface area contributed by atoms with Crippen molar-refractivity contribution in [2.75, 3.05) is 6.61 Å². The Balaban J connectivity index is 1.78. The van der Waals surface area contributed by atoms with Gasteiger partial charge >= 0.3 is 18.4 Å². The van der Waals surface area contributed by atoms with Gasteiger partial charge in [0.2, 0.25) is 0 Å². The van der Waals surface area contributed by atoms with Crippen molar-refractivity contribution in [1.82, 2.24) is 10.3 Å². The summed E-state index contributed by atoms with van der Waals surface area (Å²) in [7, 11) is 0. The Morgan fingerprint density at radius 1 is 1.50 bits per heavy atom. The molecule has 0 aliphatic heterocycles. The second kappa shape index (κ2) is 5.13. The molecule has 0 radical (unpaired) electrons. The fourth-order valence-electron chi connectivity index (χ4n) is 1.19. The van der Waals surface area contributed by atoms with Gasteiger partial charge in [0, 0.05) is 12.6 Å². The third-order valence-electron chi connectivity index (χ3n) is 2.39. The number of hydrogen-bond acceptors (Lipinski definition) is 4. The van der Waals surface area contributed by atoms with Gasteiger partial charge in [-0.2, -0.15) is 13.8 Å². The van der Waals surface area contributed by atoms with Gasteiger partial charge in [-0.15, -0.1) is 0 Å². The molecular weight excluding hydrogens is 256 g/mol. The van der Waals surface area contributed by atoms with E-state index in [4.69, 9.17) is 4.42 Å². The van der Waals surface area contributed by atoms with Gasteiger partial charge < -0.3 is 14.5 Å². The molecule has 1 aromatic heterocycles. The maximum atomic E-state index is 12.5. The number of nitrogens with zero attached hydrogens (tertiary/aromatic N) is 1. The number of halogens is 4. The largest absolute Gasteiger partial charge is 0.444 e. The van der Waals surface area contributed by atoms with E-state index in [1.807, 2.05) is 0 Å². The molecule has 1 N–H and O–H groups in total. The van der Waals surface area contributed by atoms with E-state index >= 15 is 0 Å². The van der Waals surface area contributed by atoms with Crippen molar-refractivity contribution in [3.63, 3.8) is 0 Å². The monoisotopic (exact) mass is 268 g/mol. The van der Waals surface area contributed by atoms with E-state index < -0.39 is 25.0 Å². The van der Waals surface area contributed by atoms with Crippen LogP contribution in [0.4, 0.5) is 17.6 Å². The Kier molecular flexibility index (Phi) is 3.74. The maximum Gasteiger partial charge on any atom is 0.393 e. The number of hydrogen-bond donors (Lipinski definition) is 1. The Hall–Kier alpha value is -1.31. The van der Waals surface area contributed by atoms with Gasteiger partial charge in [0.05, 0.1) is 5.69 Å². The van der Waals surface area contributed by atoms with E-state index in [0.717, 1.165) is 12.8 Å². The number of aromatic nitrogens is 1. The van der Waals surface area contributed by atoms with E-state index in [2.05, 4.69) is 15.0 Å². The normalized spacial score (nSPS) is 16.3. The zero-order valence-corrected chi connectivity index (χ0v) is 9.34. The number of rotatable bonds is 7. The molecule has 102 valence electrons. The minimum absolute atomic E-state index is 0.428. The first-order chi connectivity index (χ1) is 8.47. The standard InChI is InChI=1S/C10H12F4N2O2/c11-8(12)10(13,14)5-18-9-16-7(4-17-9)3-15-6-1-2-6/h4,6,8,15H,1-3,5H2. The fourth-order valence-corrected chi connectivity index (χ4v) is 1.19. The summed E-state index contributed by atoms with van der Waals surface area (Å²) in [5.41, 5.74) is 0.484. The highest BCUT2D eigenvalue weighted by Crippen LogP contribution is 2.24. The summed E-state index contributed by atoms with van der Waals surface area (Å²) < 4.78 is 57.9. The second-order valence-electron chi connectivity index (χ2n) is 4.11. The third-order valence-corrected chi connectivity index (χ3v) is 2.39. The molecule has 0 amide bonds. The Morgan fingerprint density at radius 3 is 2.83 bits per heavy atom. The summed E-state index contributed by atoms with van der Waals surface area (Å²) in [6.07, 6.45) is -0.763. The van der Waals surface area contributed by atoms with E-state index in [1.54, 1.807) is 0 Å². The lowest BCUT2D eigenvalue weighted by Gasteiger charge is -2.13. The lowest BCUT2D eigenvalue weighted by molar-refractivity contribution is -0.151. The van der Waals surface area contributed by atoms with Gasteiger partial charge in [-0.1, -0.05) is 0 Å². The lowest BCUT2D eigenvalue weighted by atomic mass is 10.4. The minimum Gasteiger partial charge on any atom is -0.444 e. The quantitative estimate of drug-likeness (QED) is 0.770. The summed E-state index contributed by atoms with van der Waals surface area (Å²) in [6, 6.07) is 0.467. The molecule has 8 heteroatoms. The molecule has 1 aliphatic rings. The van der Waals surface area contributed by atoms with Gasteiger partial charge in [0.1, 0.15) is 6.26 Å². The van der Waals surface area contributed by atoms with Crippen LogP contribution < -0.4 is 10.1 Å². The zero-order chi connectivity index (χ0) is 13.2. The number of ether oxygens (including phenoxy) is 1. The van der Waals surface area contributed by atoms with Crippen molar-refractivity contribution in [3.05, 3.63) is 12.0 Å². The van der Waals surface area contributed by atoms with Crippen molar-refractivity contribution in [3.8, 4) is 6.08 Å². The smallest absolute Gasteiger partial charge is 0.393 e. The van der Waals surface area contributed by atoms with Crippen molar-refractivity contribution in [1.29, 1.82) is 0 Å². The molecule has 0 aromatic carbocycles. The van der Waals surface area contributed by atoms with Crippen LogP contribution in [-0.4, -0.2) is 30.0 Å².